The first-order chi connectivity index (χ1) is 11.2. The fraction of sp³-hybridized carbons (Fsp3) is 0.611. The third kappa shape index (κ3) is 5.30. The zero-order chi connectivity index (χ0) is 17.9. The van der Waals surface area contributed by atoms with Crippen LogP contribution in [0.2, 0.25) is 0 Å². The number of amides is 1. The van der Waals surface area contributed by atoms with E-state index in [1.807, 2.05) is 32.9 Å². The number of hydrogen-bond acceptors (Lipinski definition) is 4. The van der Waals surface area contributed by atoms with E-state index in [0.717, 1.165) is 22.9 Å². The van der Waals surface area contributed by atoms with Gasteiger partial charge in [0.1, 0.15) is 17.1 Å². The number of carbonyl (C=O) groups is 1. The van der Waals surface area contributed by atoms with E-state index in [9.17, 15) is 4.79 Å². The van der Waals surface area contributed by atoms with Gasteiger partial charge in [-0.1, -0.05) is 15.9 Å². The lowest BCUT2D eigenvalue weighted by atomic mass is 10.1. The molecule has 0 aliphatic heterocycles. The van der Waals surface area contributed by atoms with Crippen LogP contribution in [0.1, 0.15) is 39.2 Å². The standard InChI is InChI=1S/C18H26BrNO4/c1-18(2,3)24-17(21)20(10-12-6-7-12)11-14-15(22-4)8-13(19)9-16(14)23-5/h8-9,12H,6-7,10-11H2,1-5H3. The van der Waals surface area contributed by atoms with E-state index in [1.165, 1.54) is 0 Å². The molecule has 1 saturated carbocycles. The van der Waals surface area contributed by atoms with Crippen LogP contribution in [0.25, 0.3) is 0 Å². The van der Waals surface area contributed by atoms with Gasteiger partial charge in [0.25, 0.3) is 0 Å². The van der Waals surface area contributed by atoms with Crippen LogP contribution in [-0.2, 0) is 11.3 Å². The number of hydrogen-bond donors (Lipinski definition) is 0. The number of rotatable bonds is 6. The van der Waals surface area contributed by atoms with Crippen molar-refractivity contribution in [1.82, 2.24) is 4.90 Å². The topological polar surface area (TPSA) is 48.0 Å². The van der Waals surface area contributed by atoms with Gasteiger partial charge in [-0.3, -0.25) is 0 Å². The Morgan fingerprint density at radius 3 is 2.17 bits per heavy atom. The molecule has 1 aliphatic carbocycles. The van der Waals surface area contributed by atoms with Gasteiger partial charge in [0.2, 0.25) is 0 Å². The van der Waals surface area contributed by atoms with Gasteiger partial charge in [0.05, 0.1) is 26.3 Å². The number of benzene rings is 1. The molecule has 1 fully saturated rings. The Bertz CT molecular complexity index is 568. The van der Waals surface area contributed by atoms with Crippen molar-refractivity contribution in [3.8, 4) is 11.5 Å². The molecule has 0 radical (unpaired) electrons. The largest absolute Gasteiger partial charge is 0.496 e. The maximum Gasteiger partial charge on any atom is 0.410 e. The zero-order valence-electron chi connectivity index (χ0n) is 15.0. The number of carbonyl (C=O) groups excluding carboxylic acids is 1. The van der Waals surface area contributed by atoms with Crippen molar-refractivity contribution in [2.45, 2.75) is 45.8 Å². The zero-order valence-corrected chi connectivity index (χ0v) is 16.6. The molecule has 1 aromatic rings. The van der Waals surface area contributed by atoms with Crippen molar-refractivity contribution < 1.29 is 19.0 Å². The van der Waals surface area contributed by atoms with Crippen LogP contribution in [0, 0.1) is 5.92 Å². The molecule has 0 saturated heterocycles. The summed E-state index contributed by atoms with van der Waals surface area (Å²) in [4.78, 5) is 14.4. The van der Waals surface area contributed by atoms with E-state index in [0.29, 0.717) is 30.5 Å². The third-order valence-electron chi connectivity index (χ3n) is 3.75. The smallest absolute Gasteiger partial charge is 0.410 e. The third-order valence-corrected chi connectivity index (χ3v) is 4.21. The molecule has 6 heteroatoms. The van der Waals surface area contributed by atoms with Gasteiger partial charge >= 0.3 is 6.09 Å². The molecule has 0 aromatic heterocycles. The van der Waals surface area contributed by atoms with Gasteiger partial charge < -0.3 is 19.1 Å². The summed E-state index contributed by atoms with van der Waals surface area (Å²) in [6.07, 6.45) is 2.02. The van der Waals surface area contributed by atoms with E-state index >= 15 is 0 Å². The van der Waals surface area contributed by atoms with Crippen molar-refractivity contribution in [3.05, 3.63) is 22.2 Å². The van der Waals surface area contributed by atoms with Gasteiger partial charge in [-0.2, -0.15) is 0 Å². The molecule has 0 heterocycles. The summed E-state index contributed by atoms with van der Waals surface area (Å²) >= 11 is 3.45. The van der Waals surface area contributed by atoms with Crippen molar-refractivity contribution in [2.24, 2.45) is 5.92 Å². The van der Waals surface area contributed by atoms with Crippen LogP contribution in [0.15, 0.2) is 16.6 Å². The highest BCUT2D eigenvalue weighted by molar-refractivity contribution is 9.10. The Labute approximate surface area is 152 Å². The Hall–Kier alpha value is -1.43. The van der Waals surface area contributed by atoms with Gasteiger partial charge in [0.15, 0.2) is 0 Å². The van der Waals surface area contributed by atoms with Crippen LogP contribution < -0.4 is 9.47 Å². The number of halogens is 1. The molecule has 0 unspecified atom stereocenters. The average molecular weight is 400 g/mol. The highest BCUT2D eigenvalue weighted by Gasteiger charge is 2.31. The first kappa shape index (κ1) is 18.9. The fourth-order valence-electron chi connectivity index (χ4n) is 2.44. The molecule has 1 aliphatic rings. The van der Waals surface area contributed by atoms with E-state index in [4.69, 9.17) is 14.2 Å². The monoisotopic (exact) mass is 399 g/mol. The van der Waals surface area contributed by atoms with Crippen molar-refractivity contribution in [1.29, 1.82) is 0 Å². The van der Waals surface area contributed by atoms with Gasteiger partial charge in [0, 0.05) is 11.0 Å². The van der Waals surface area contributed by atoms with E-state index in [-0.39, 0.29) is 6.09 Å². The van der Waals surface area contributed by atoms with Crippen LogP contribution in [0.3, 0.4) is 0 Å². The first-order valence-corrected chi connectivity index (χ1v) is 8.91. The molecule has 0 spiro atoms. The van der Waals surface area contributed by atoms with Crippen molar-refractivity contribution in [2.75, 3.05) is 20.8 Å². The molecule has 5 nitrogen and oxygen atoms in total. The van der Waals surface area contributed by atoms with Crippen LogP contribution >= 0.6 is 15.9 Å². The fourth-order valence-corrected chi connectivity index (χ4v) is 2.86. The minimum Gasteiger partial charge on any atom is -0.496 e. The molecule has 1 aromatic carbocycles. The van der Waals surface area contributed by atoms with E-state index in [1.54, 1.807) is 19.1 Å². The molecule has 2 rings (SSSR count). The molecule has 0 N–H and O–H groups in total. The van der Waals surface area contributed by atoms with Crippen molar-refractivity contribution in [3.63, 3.8) is 0 Å². The first-order valence-electron chi connectivity index (χ1n) is 8.12. The number of methoxy groups -OCH3 is 2. The average Bonchev–Trinajstić information content (AvgIpc) is 3.29. The summed E-state index contributed by atoms with van der Waals surface area (Å²) in [5.41, 5.74) is 0.321. The summed E-state index contributed by atoms with van der Waals surface area (Å²) in [6.45, 7) is 6.71. The summed E-state index contributed by atoms with van der Waals surface area (Å²) in [7, 11) is 3.23. The van der Waals surface area contributed by atoms with E-state index in [2.05, 4.69) is 15.9 Å². The molecule has 0 bridgehead atoms. The maximum absolute atomic E-state index is 12.6. The predicted octanol–water partition coefficient (Wildman–Crippen LogP) is 4.61. The SMILES string of the molecule is COc1cc(Br)cc(OC)c1CN(CC1CC1)C(=O)OC(C)(C)C. The van der Waals surface area contributed by atoms with E-state index < -0.39 is 5.60 Å². The summed E-state index contributed by atoms with van der Waals surface area (Å²) in [6, 6.07) is 3.75. The van der Waals surface area contributed by atoms with Gasteiger partial charge in [-0.05, 0) is 51.7 Å². The summed E-state index contributed by atoms with van der Waals surface area (Å²) in [5.74, 6) is 1.93. The lowest BCUT2D eigenvalue weighted by Crippen LogP contribution is -2.37. The van der Waals surface area contributed by atoms with Crippen LogP contribution in [0.4, 0.5) is 4.79 Å². The molecule has 24 heavy (non-hydrogen) atoms. The quantitative estimate of drug-likeness (QED) is 0.700. The second-order valence-corrected chi connectivity index (χ2v) is 8.01. The normalized spacial score (nSPS) is 14.2. The van der Waals surface area contributed by atoms with Crippen molar-refractivity contribution >= 4 is 22.0 Å². The Morgan fingerprint density at radius 1 is 1.21 bits per heavy atom. The van der Waals surface area contributed by atoms with Crippen LogP contribution in [0.5, 0.6) is 11.5 Å². The minimum atomic E-state index is -0.521. The summed E-state index contributed by atoms with van der Waals surface area (Å²) in [5, 5.41) is 0. The second-order valence-electron chi connectivity index (χ2n) is 7.09. The minimum absolute atomic E-state index is 0.304. The summed E-state index contributed by atoms with van der Waals surface area (Å²) < 4.78 is 17.4. The second kappa shape index (κ2) is 7.64. The lowest BCUT2D eigenvalue weighted by Gasteiger charge is -2.28. The van der Waals surface area contributed by atoms with Crippen LogP contribution in [-0.4, -0.2) is 37.4 Å². The maximum atomic E-state index is 12.6. The highest BCUT2D eigenvalue weighted by atomic mass is 79.9. The Morgan fingerprint density at radius 2 is 1.75 bits per heavy atom. The van der Waals surface area contributed by atoms with Gasteiger partial charge in [-0.15, -0.1) is 0 Å². The highest BCUT2D eigenvalue weighted by Crippen LogP contribution is 2.36. The number of nitrogens with zero attached hydrogens (tertiary/aromatic N) is 1. The predicted molar refractivity (Wildman–Crippen MR) is 96.6 cm³/mol. The Kier molecular flexibility index (Phi) is 6.01. The van der Waals surface area contributed by atoms with Gasteiger partial charge in [-0.25, -0.2) is 4.79 Å². The molecular weight excluding hydrogens is 374 g/mol. The molecule has 134 valence electrons. The molecule has 1 amide bonds. The number of ether oxygens (including phenoxy) is 3. The molecule has 0 atom stereocenters. The lowest BCUT2D eigenvalue weighted by molar-refractivity contribution is 0.0222. The molecular formula is C18H26BrNO4. The Balaban J connectivity index is 2.27.